The number of para-hydroxylation sites is 1. The summed E-state index contributed by atoms with van der Waals surface area (Å²) >= 11 is 0. The zero-order chi connectivity index (χ0) is 20.8. The highest BCUT2D eigenvalue weighted by Crippen LogP contribution is 2.28. The molecule has 1 aliphatic rings. The van der Waals surface area contributed by atoms with Gasteiger partial charge in [0, 0.05) is 50.7 Å². The van der Waals surface area contributed by atoms with Crippen molar-refractivity contribution >= 4 is 22.6 Å². The average molecular weight is 405 g/mol. The molecule has 3 aromatic rings. The van der Waals surface area contributed by atoms with E-state index in [2.05, 4.69) is 4.90 Å². The molecule has 1 aliphatic heterocycles. The van der Waals surface area contributed by atoms with E-state index in [0.29, 0.717) is 31.9 Å². The Hall–Kier alpha value is -2.99. The van der Waals surface area contributed by atoms with Gasteiger partial charge < -0.3 is 14.5 Å². The van der Waals surface area contributed by atoms with Gasteiger partial charge >= 0.3 is 0 Å². The van der Waals surface area contributed by atoms with E-state index in [0.717, 1.165) is 48.2 Å². The van der Waals surface area contributed by atoms with Crippen molar-refractivity contribution in [1.82, 2.24) is 14.9 Å². The summed E-state index contributed by atoms with van der Waals surface area (Å²) in [6.45, 7) is 3.60. The molecule has 1 aromatic heterocycles. The van der Waals surface area contributed by atoms with Crippen LogP contribution >= 0.6 is 0 Å². The Bertz CT molecular complexity index is 987. The molecule has 0 N–H and O–H groups in total. The van der Waals surface area contributed by atoms with E-state index in [1.54, 1.807) is 7.11 Å². The molecule has 156 valence electrons. The maximum atomic E-state index is 12.6. The minimum atomic E-state index is 0.219. The third kappa shape index (κ3) is 4.60. The van der Waals surface area contributed by atoms with Gasteiger partial charge in [-0.2, -0.15) is 0 Å². The van der Waals surface area contributed by atoms with Gasteiger partial charge in [0.2, 0.25) is 5.91 Å². The molecule has 0 aliphatic carbocycles. The van der Waals surface area contributed by atoms with Gasteiger partial charge in [0.25, 0.3) is 0 Å². The van der Waals surface area contributed by atoms with Crippen LogP contribution in [0.3, 0.4) is 0 Å². The molecule has 6 nitrogen and oxygen atoms in total. The van der Waals surface area contributed by atoms with Crippen LogP contribution in [-0.2, 0) is 9.53 Å². The number of rotatable bonds is 8. The van der Waals surface area contributed by atoms with E-state index in [9.17, 15) is 4.79 Å². The van der Waals surface area contributed by atoms with Crippen molar-refractivity contribution in [2.75, 3.05) is 44.8 Å². The molecular formula is C24H28N4O2. The number of hydrogen-bond acceptors (Lipinski definition) is 5. The highest BCUT2D eigenvalue weighted by atomic mass is 16.5. The number of benzene rings is 2. The number of fused-ring (bicyclic) bond motifs is 1. The van der Waals surface area contributed by atoms with Gasteiger partial charge in [-0.15, -0.1) is 0 Å². The Balaban J connectivity index is 1.67. The number of nitrogens with zero attached hydrogens (tertiary/aromatic N) is 4. The van der Waals surface area contributed by atoms with Crippen molar-refractivity contribution in [2.45, 2.75) is 19.3 Å². The Kier molecular flexibility index (Phi) is 6.54. The number of ether oxygens (including phenoxy) is 1. The zero-order valence-corrected chi connectivity index (χ0v) is 17.5. The monoisotopic (exact) mass is 404 g/mol. The SMILES string of the molecule is COCCN(CCC(=O)N1CCCC1)c1nc(-c2ccccc2)nc2ccccc12. The number of hydrogen-bond donors (Lipinski definition) is 0. The van der Waals surface area contributed by atoms with Crippen molar-refractivity contribution in [3.63, 3.8) is 0 Å². The van der Waals surface area contributed by atoms with Crippen molar-refractivity contribution in [2.24, 2.45) is 0 Å². The lowest BCUT2D eigenvalue weighted by molar-refractivity contribution is -0.129. The summed E-state index contributed by atoms with van der Waals surface area (Å²) in [5.41, 5.74) is 1.87. The van der Waals surface area contributed by atoms with E-state index in [4.69, 9.17) is 14.7 Å². The molecule has 0 radical (unpaired) electrons. The maximum absolute atomic E-state index is 12.6. The number of carbonyl (C=O) groups is 1. The molecule has 1 fully saturated rings. The highest BCUT2D eigenvalue weighted by molar-refractivity contribution is 5.91. The van der Waals surface area contributed by atoms with Crippen LogP contribution in [0.5, 0.6) is 0 Å². The highest BCUT2D eigenvalue weighted by Gasteiger charge is 2.20. The lowest BCUT2D eigenvalue weighted by atomic mass is 10.1. The summed E-state index contributed by atoms with van der Waals surface area (Å²) in [5, 5.41) is 0.988. The molecule has 1 amide bonds. The molecule has 4 rings (SSSR count). The largest absolute Gasteiger partial charge is 0.383 e. The quantitative estimate of drug-likeness (QED) is 0.572. The Labute approximate surface area is 177 Å². The summed E-state index contributed by atoms with van der Waals surface area (Å²) in [7, 11) is 1.70. The minimum absolute atomic E-state index is 0.219. The molecular weight excluding hydrogens is 376 g/mol. The number of anilines is 1. The molecule has 6 heteroatoms. The molecule has 30 heavy (non-hydrogen) atoms. The second-order valence-corrected chi connectivity index (χ2v) is 7.57. The van der Waals surface area contributed by atoms with Crippen molar-refractivity contribution < 1.29 is 9.53 Å². The summed E-state index contributed by atoms with van der Waals surface area (Å²) in [6, 6.07) is 18.1. The smallest absolute Gasteiger partial charge is 0.224 e. The Morgan fingerprint density at radius 3 is 2.50 bits per heavy atom. The second-order valence-electron chi connectivity index (χ2n) is 7.57. The average Bonchev–Trinajstić information content (AvgIpc) is 3.34. The van der Waals surface area contributed by atoms with Crippen LogP contribution in [-0.4, -0.2) is 60.7 Å². The lowest BCUT2D eigenvalue weighted by Gasteiger charge is -2.26. The van der Waals surface area contributed by atoms with Crippen LogP contribution in [0.2, 0.25) is 0 Å². The van der Waals surface area contributed by atoms with E-state index >= 15 is 0 Å². The van der Waals surface area contributed by atoms with Gasteiger partial charge in [-0.25, -0.2) is 9.97 Å². The predicted molar refractivity (Wildman–Crippen MR) is 119 cm³/mol. The van der Waals surface area contributed by atoms with Crippen LogP contribution in [0.15, 0.2) is 54.6 Å². The van der Waals surface area contributed by atoms with Gasteiger partial charge in [0.1, 0.15) is 5.82 Å². The molecule has 2 heterocycles. The molecule has 1 saturated heterocycles. The van der Waals surface area contributed by atoms with Gasteiger partial charge in [0.05, 0.1) is 12.1 Å². The first-order valence-corrected chi connectivity index (χ1v) is 10.6. The van der Waals surface area contributed by atoms with Crippen LogP contribution in [0, 0.1) is 0 Å². The molecule has 0 saturated carbocycles. The number of amides is 1. The Morgan fingerprint density at radius 2 is 1.73 bits per heavy atom. The molecule has 2 aromatic carbocycles. The number of methoxy groups -OCH3 is 1. The van der Waals surface area contributed by atoms with Gasteiger partial charge in [0.15, 0.2) is 5.82 Å². The fraction of sp³-hybridized carbons (Fsp3) is 0.375. The summed E-state index contributed by atoms with van der Waals surface area (Å²) < 4.78 is 5.35. The third-order valence-electron chi connectivity index (χ3n) is 5.53. The number of aromatic nitrogens is 2. The third-order valence-corrected chi connectivity index (χ3v) is 5.53. The minimum Gasteiger partial charge on any atom is -0.383 e. The molecule has 0 bridgehead atoms. The van der Waals surface area contributed by atoms with Gasteiger partial charge in [-0.1, -0.05) is 42.5 Å². The first kappa shape index (κ1) is 20.3. The van der Waals surface area contributed by atoms with Crippen molar-refractivity contribution in [3.8, 4) is 11.4 Å². The molecule has 0 atom stereocenters. The van der Waals surface area contributed by atoms with E-state index in [-0.39, 0.29) is 5.91 Å². The maximum Gasteiger partial charge on any atom is 0.224 e. The van der Waals surface area contributed by atoms with Crippen LogP contribution in [0.4, 0.5) is 5.82 Å². The van der Waals surface area contributed by atoms with Gasteiger partial charge in [-0.05, 0) is 25.0 Å². The fourth-order valence-corrected chi connectivity index (χ4v) is 3.90. The van der Waals surface area contributed by atoms with Crippen molar-refractivity contribution in [1.29, 1.82) is 0 Å². The van der Waals surface area contributed by atoms with Gasteiger partial charge in [-0.3, -0.25) is 4.79 Å². The normalized spacial score (nSPS) is 13.7. The lowest BCUT2D eigenvalue weighted by Crippen LogP contribution is -2.35. The zero-order valence-electron chi connectivity index (χ0n) is 17.5. The standard InChI is InChI=1S/C24H28N4O2/c1-30-18-17-28(16-13-22(29)27-14-7-8-15-27)24-20-11-5-6-12-21(20)25-23(26-24)19-9-3-2-4-10-19/h2-6,9-12H,7-8,13-18H2,1H3. The summed E-state index contributed by atoms with van der Waals surface area (Å²) in [6.07, 6.45) is 2.69. The van der Waals surface area contributed by atoms with Crippen LogP contribution < -0.4 is 4.90 Å². The van der Waals surface area contributed by atoms with Crippen LogP contribution in [0.1, 0.15) is 19.3 Å². The number of likely N-dealkylation sites (tertiary alicyclic amines) is 1. The fourth-order valence-electron chi connectivity index (χ4n) is 3.90. The molecule has 0 unspecified atom stereocenters. The van der Waals surface area contributed by atoms with Crippen molar-refractivity contribution in [3.05, 3.63) is 54.6 Å². The Morgan fingerprint density at radius 1 is 1.00 bits per heavy atom. The van der Waals surface area contributed by atoms with Crippen LogP contribution in [0.25, 0.3) is 22.3 Å². The van der Waals surface area contributed by atoms with E-state index in [1.807, 2.05) is 59.5 Å². The summed E-state index contributed by atoms with van der Waals surface area (Å²) in [5.74, 6) is 1.76. The predicted octanol–water partition coefficient (Wildman–Crippen LogP) is 3.76. The first-order chi connectivity index (χ1) is 14.8. The molecule has 0 spiro atoms. The second kappa shape index (κ2) is 9.67. The number of carbonyl (C=O) groups excluding carboxylic acids is 1. The first-order valence-electron chi connectivity index (χ1n) is 10.6. The van der Waals surface area contributed by atoms with E-state index in [1.165, 1.54) is 0 Å². The summed E-state index contributed by atoms with van der Waals surface area (Å²) in [4.78, 5) is 26.5. The van der Waals surface area contributed by atoms with E-state index < -0.39 is 0 Å². The topological polar surface area (TPSA) is 58.6 Å².